The van der Waals surface area contributed by atoms with Gasteiger partial charge in [-0.3, -0.25) is 0 Å². The van der Waals surface area contributed by atoms with Crippen molar-refractivity contribution < 1.29 is 14.1 Å². The molecule has 5 rings (SSSR count). The molecule has 142 valence electrons. The van der Waals surface area contributed by atoms with Crippen molar-refractivity contribution in [2.45, 2.75) is 38.9 Å². The molecule has 0 aliphatic carbocycles. The summed E-state index contributed by atoms with van der Waals surface area (Å²) in [6.45, 7) is 8.11. The van der Waals surface area contributed by atoms with Crippen LogP contribution in [0.4, 0.5) is 5.69 Å². The summed E-state index contributed by atoms with van der Waals surface area (Å²) in [5.74, 6) is 0.627. The Morgan fingerprint density at radius 1 is 0.786 bits per heavy atom. The van der Waals surface area contributed by atoms with Crippen LogP contribution in [0.25, 0.3) is 33.3 Å². The number of fused-ring (bicyclic) bond motifs is 2. The molecule has 0 radical (unpaired) electrons. The predicted molar refractivity (Wildman–Crippen MR) is 110 cm³/mol. The number of hydrogen-bond donors (Lipinski definition) is 0. The third kappa shape index (κ3) is 2.66. The standard InChI is InChI=1S/C23H22N2O3/c1-22(2)23(3,4)28-25(27-22)18-12-11-15-13-17(10-9-16(15)14-18)21-24-19-7-5-6-8-20(19)26-21/h5-14H,1-4H3. The van der Waals surface area contributed by atoms with Crippen molar-refractivity contribution in [1.82, 2.24) is 4.98 Å². The molecule has 0 atom stereocenters. The fourth-order valence-corrected chi connectivity index (χ4v) is 3.23. The first-order valence-electron chi connectivity index (χ1n) is 9.41. The number of nitrogens with zero attached hydrogens (tertiary/aromatic N) is 2. The lowest BCUT2D eigenvalue weighted by Crippen LogP contribution is -2.41. The van der Waals surface area contributed by atoms with E-state index < -0.39 is 11.2 Å². The van der Waals surface area contributed by atoms with Crippen molar-refractivity contribution in [1.29, 1.82) is 0 Å². The third-order valence-corrected chi connectivity index (χ3v) is 5.65. The first-order chi connectivity index (χ1) is 13.3. The van der Waals surface area contributed by atoms with Crippen LogP contribution in [0.3, 0.4) is 0 Å². The molecule has 1 aliphatic heterocycles. The molecule has 1 saturated heterocycles. The molecule has 28 heavy (non-hydrogen) atoms. The van der Waals surface area contributed by atoms with E-state index in [9.17, 15) is 0 Å². The zero-order chi connectivity index (χ0) is 19.5. The fraction of sp³-hybridized carbons (Fsp3) is 0.261. The van der Waals surface area contributed by atoms with E-state index in [0.29, 0.717) is 5.89 Å². The van der Waals surface area contributed by atoms with Crippen molar-refractivity contribution in [3.8, 4) is 11.5 Å². The topological polar surface area (TPSA) is 47.7 Å². The molecule has 3 aromatic carbocycles. The lowest BCUT2D eigenvalue weighted by molar-refractivity contribution is -0.0272. The Balaban J connectivity index is 1.50. The quantitative estimate of drug-likeness (QED) is 0.438. The molecule has 0 spiro atoms. The molecule has 0 unspecified atom stereocenters. The van der Waals surface area contributed by atoms with E-state index in [1.165, 1.54) is 5.23 Å². The van der Waals surface area contributed by atoms with Gasteiger partial charge in [-0.15, -0.1) is 5.23 Å². The highest BCUT2D eigenvalue weighted by Gasteiger charge is 2.50. The van der Waals surface area contributed by atoms with Crippen molar-refractivity contribution in [3.05, 3.63) is 60.7 Å². The van der Waals surface area contributed by atoms with Crippen LogP contribution in [-0.4, -0.2) is 16.2 Å². The summed E-state index contributed by atoms with van der Waals surface area (Å²) >= 11 is 0. The predicted octanol–water partition coefficient (Wildman–Crippen LogP) is 5.89. The van der Waals surface area contributed by atoms with Crippen LogP contribution in [0.15, 0.2) is 65.1 Å². The highest BCUT2D eigenvalue weighted by molar-refractivity contribution is 5.89. The van der Waals surface area contributed by atoms with Crippen molar-refractivity contribution >= 4 is 27.6 Å². The molecule has 1 aliphatic rings. The number of rotatable bonds is 2. The average molecular weight is 374 g/mol. The van der Waals surface area contributed by atoms with Crippen LogP contribution in [0.5, 0.6) is 0 Å². The smallest absolute Gasteiger partial charge is 0.227 e. The van der Waals surface area contributed by atoms with Crippen molar-refractivity contribution in [2.75, 3.05) is 5.23 Å². The van der Waals surface area contributed by atoms with Gasteiger partial charge in [-0.2, -0.15) is 0 Å². The lowest BCUT2D eigenvalue weighted by atomic mass is 9.90. The van der Waals surface area contributed by atoms with E-state index >= 15 is 0 Å². The Kier molecular flexibility index (Phi) is 3.57. The minimum Gasteiger partial charge on any atom is -0.436 e. The minimum atomic E-state index is -0.418. The maximum atomic E-state index is 6.01. The minimum absolute atomic E-state index is 0.418. The molecule has 5 heteroatoms. The van der Waals surface area contributed by atoms with Crippen molar-refractivity contribution in [2.24, 2.45) is 0 Å². The zero-order valence-corrected chi connectivity index (χ0v) is 16.4. The van der Waals surface area contributed by atoms with Gasteiger partial charge in [0.05, 0.1) is 5.69 Å². The van der Waals surface area contributed by atoms with E-state index in [1.54, 1.807) is 0 Å². The molecule has 0 amide bonds. The molecule has 0 N–H and O–H groups in total. The summed E-state index contributed by atoms with van der Waals surface area (Å²) < 4.78 is 5.89. The number of para-hydroxylation sites is 2. The van der Waals surface area contributed by atoms with Crippen molar-refractivity contribution in [3.63, 3.8) is 0 Å². The largest absolute Gasteiger partial charge is 0.436 e. The molecular formula is C23H22N2O3. The number of anilines is 1. The van der Waals surface area contributed by atoms with Gasteiger partial charge in [0, 0.05) is 5.56 Å². The van der Waals surface area contributed by atoms with Crippen LogP contribution in [-0.2, 0) is 9.68 Å². The molecule has 1 aromatic heterocycles. The van der Waals surface area contributed by atoms with E-state index in [1.807, 2.05) is 64.1 Å². The van der Waals surface area contributed by atoms with E-state index in [2.05, 4.69) is 29.2 Å². The summed E-state index contributed by atoms with van der Waals surface area (Å²) in [6, 6.07) is 20.1. The van der Waals surface area contributed by atoms with Gasteiger partial charge in [0.15, 0.2) is 5.58 Å². The fourth-order valence-electron chi connectivity index (χ4n) is 3.23. The first-order valence-corrected chi connectivity index (χ1v) is 9.41. The second-order valence-electron chi connectivity index (χ2n) is 8.19. The number of oxazole rings is 1. The molecule has 0 saturated carbocycles. The first kappa shape index (κ1) is 17.2. The van der Waals surface area contributed by atoms with Gasteiger partial charge in [-0.05, 0) is 74.9 Å². The number of benzene rings is 3. The lowest BCUT2D eigenvalue weighted by Gasteiger charge is -2.26. The molecule has 0 bridgehead atoms. The molecule has 4 aromatic rings. The van der Waals surface area contributed by atoms with Crippen LogP contribution in [0.2, 0.25) is 0 Å². The van der Waals surface area contributed by atoms with Crippen LogP contribution in [0, 0.1) is 0 Å². The second kappa shape index (κ2) is 5.80. The van der Waals surface area contributed by atoms with Gasteiger partial charge in [0.2, 0.25) is 5.89 Å². The van der Waals surface area contributed by atoms with Gasteiger partial charge in [0.1, 0.15) is 16.7 Å². The normalized spacial score (nSPS) is 18.2. The molecule has 2 heterocycles. The summed E-state index contributed by atoms with van der Waals surface area (Å²) in [6.07, 6.45) is 0. The Morgan fingerprint density at radius 3 is 2.21 bits per heavy atom. The Bertz CT molecular complexity index is 1140. The third-order valence-electron chi connectivity index (χ3n) is 5.65. The van der Waals surface area contributed by atoms with E-state index in [-0.39, 0.29) is 0 Å². The summed E-state index contributed by atoms with van der Waals surface area (Å²) in [5, 5.41) is 3.71. The van der Waals surface area contributed by atoms with Gasteiger partial charge in [-0.25, -0.2) is 14.7 Å². The van der Waals surface area contributed by atoms with Gasteiger partial charge in [0.25, 0.3) is 0 Å². The maximum absolute atomic E-state index is 6.01. The second-order valence-corrected chi connectivity index (χ2v) is 8.19. The number of aromatic nitrogens is 1. The van der Waals surface area contributed by atoms with Gasteiger partial charge >= 0.3 is 0 Å². The van der Waals surface area contributed by atoms with Gasteiger partial charge < -0.3 is 4.42 Å². The highest BCUT2D eigenvalue weighted by atomic mass is 17.0. The zero-order valence-electron chi connectivity index (χ0n) is 16.4. The Morgan fingerprint density at radius 2 is 1.46 bits per heavy atom. The molecule has 1 fully saturated rings. The SMILES string of the molecule is CC1(C)ON(c2ccc3cc(-c4nc5ccccc5o4)ccc3c2)OC1(C)C. The molecule has 5 nitrogen and oxygen atoms in total. The average Bonchev–Trinajstić information content (AvgIpc) is 3.19. The Labute approximate surface area is 163 Å². The van der Waals surface area contributed by atoms with Crippen LogP contribution >= 0.6 is 0 Å². The number of hydrogen-bond acceptors (Lipinski definition) is 5. The van der Waals surface area contributed by atoms with E-state index in [4.69, 9.17) is 14.1 Å². The van der Waals surface area contributed by atoms with Gasteiger partial charge in [-0.1, -0.05) is 24.3 Å². The summed E-state index contributed by atoms with van der Waals surface area (Å²) in [7, 11) is 0. The van der Waals surface area contributed by atoms with Crippen LogP contribution in [0.1, 0.15) is 27.7 Å². The maximum Gasteiger partial charge on any atom is 0.227 e. The molecular weight excluding hydrogens is 352 g/mol. The van der Waals surface area contributed by atoms with Crippen LogP contribution < -0.4 is 5.23 Å². The summed E-state index contributed by atoms with van der Waals surface area (Å²) in [4.78, 5) is 16.6. The monoisotopic (exact) mass is 374 g/mol. The Hall–Kier alpha value is -2.89. The van der Waals surface area contributed by atoms with E-state index in [0.717, 1.165) is 33.1 Å². The highest BCUT2D eigenvalue weighted by Crippen LogP contribution is 2.40. The summed E-state index contributed by atoms with van der Waals surface area (Å²) in [5.41, 5.74) is 2.63.